The molecule has 3 N–H and O–H groups in total. The third-order valence-corrected chi connectivity index (χ3v) is 5.54. The third kappa shape index (κ3) is 3.06. The van der Waals surface area contributed by atoms with Gasteiger partial charge in [0, 0.05) is 40.7 Å². The van der Waals surface area contributed by atoms with Crippen LogP contribution in [-0.2, 0) is 12.8 Å². The highest BCUT2D eigenvalue weighted by Crippen LogP contribution is 2.35. The van der Waals surface area contributed by atoms with Crippen molar-refractivity contribution < 1.29 is 4.79 Å². The van der Waals surface area contributed by atoms with E-state index in [4.69, 9.17) is 5.73 Å². The number of carbonyl (C=O) groups is 1. The summed E-state index contributed by atoms with van der Waals surface area (Å²) in [6.07, 6.45) is 2.35. The summed E-state index contributed by atoms with van der Waals surface area (Å²) >= 11 is 0. The molecule has 1 aliphatic carbocycles. The van der Waals surface area contributed by atoms with Crippen LogP contribution in [0, 0.1) is 0 Å². The van der Waals surface area contributed by atoms with Crippen LogP contribution in [-0.4, -0.2) is 35.8 Å². The van der Waals surface area contributed by atoms with Crippen molar-refractivity contribution in [2.75, 3.05) is 14.1 Å². The molecule has 0 saturated carbocycles. The van der Waals surface area contributed by atoms with E-state index in [1.165, 1.54) is 5.56 Å². The molecule has 0 bridgehead atoms. The van der Waals surface area contributed by atoms with Gasteiger partial charge in [-0.15, -0.1) is 0 Å². The van der Waals surface area contributed by atoms with E-state index in [2.05, 4.69) is 24.0 Å². The van der Waals surface area contributed by atoms with Crippen LogP contribution in [0.2, 0.25) is 0 Å². The summed E-state index contributed by atoms with van der Waals surface area (Å²) in [5.41, 5.74) is 11.7. The molecule has 2 unspecified atom stereocenters. The third-order valence-electron chi connectivity index (χ3n) is 5.54. The Morgan fingerprint density at radius 2 is 1.96 bits per heavy atom. The van der Waals surface area contributed by atoms with Gasteiger partial charge in [-0.2, -0.15) is 0 Å². The Bertz CT molecular complexity index is 943. The topological polar surface area (TPSA) is 62.1 Å². The monoisotopic (exact) mass is 347 g/mol. The number of aromatic nitrogens is 1. The Hall–Kier alpha value is -2.43. The smallest absolute Gasteiger partial charge is 0.167 e. The van der Waals surface area contributed by atoms with Crippen LogP contribution >= 0.6 is 0 Å². The summed E-state index contributed by atoms with van der Waals surface area (Å²) in [6, 6.07) is 16.3. The molecule has 1 aliphatic rings. The van der Waals surface area contributed by atoms with Crippen molar-refractivity contribution in [2.24, 2.45) is 5.73 Å². The van der Waals surface area contributed by atoms with Crippen LogP contribution < -0.4 is 5.73 Å². The number of benzene rings is 2. The molecule has 2 aromatic carbocycles. The first-order valence-corrected chi connectivity index (χ1v) is 9.16. The minimum atomic E-state index is 0.0158. The summed E-state index contributed by atoms with van der Waals surface area (Å²) in [7, 11) is 4.21. The van der Waals surface area contributed by atoms with Crippen molar-refractivity contribution >= 4 is 16.7 Å². The standard InChI is InChI=1S/C22H25N3O/c1-25(2)16-12-18-17-11-15(21(26)10-14-6-4-3-5-7-14)8-9-20(17)24-22(18)19(23)13-16/h3-9,11,16,19,24H,10,12-13,23H2,1-2H3. The molecule has 4 nitrogen and oxygen atoms in total. The van der Waals surface area contributed by atoms with Crippen molar-refractivity contribution in [3.63, 3.8) is 0 Å². The van der Waals surface area contributed by atoms with Gasteiger partial charge >= 0.3 is 0 Å². The number of rotatable bonds is 4. The lowest BCUT2D eigenvalue weighted by Crippen LogP contribution is -2.37. The Balaban J connectivity index is 1.69. The molecule has 0 radical (unpaired) electrons. The van der Waals surface area contributed by atoms with Crippen LogP contribution in [0.15, 0.2) is 48.5 Å². The summed E-state index contributed by atoms with van der Waals surface area (Å²) in [5.74, 6) is 0.150. The van der Waals surface area contributed by atoms with Gasteiger partial charge in [0.05, 0.1) is 0 Å². The average Bonchev–Trinajstić information content (AvgIpc) is 3.01. The van der Waals surface area contributed by atoms with E-state index >= 15 is 0 Å². The molecule has 0 amide bonds. The van der Waals surface area contributed by atoms with E-state index in [0.29, 0.717) is 12.5 Å². The molecule has 26 heavy (non-hydrogen) atoms. The molecule has 0 spiro atoms. The predicted molar refractivity (Wildman–Crippen MR) is 105 cm³/mol. The van der Waals surface area contributed by atoms with Gasteiger partial charge in [0.1, 0.15) is 0 Å². The maximum Gasteiger partial charge on any atom is 0.167 e. The van der Waals surface area contributed by atoms with Gasteiger partial charge in [0.2, 0.25) is 0 Å². The van der Waals surface area contributed by atoms with E-state index < -0.39 is 0 Å². The van der Waals surface area contributed by atoms with Crippen molar-refractivity contribution in [3.05, 3.63) is 70.9 Å². The largest absolute Gasteiger partial charge is 0.357 e. The zero-order valence-corrected chi connectivity index (χ0v) is 15.3. The molecule has 3 aromatic rings. The van der Waals surface area contributed by atoms with Gasteiger partial charge < -0.3 is 15.6 Å². The number of nitrogens with one attached hydrogen (secondary N) is 1. The lowest BCUT2D eigenvalue weighted by molar-refractivity contribution is 0.0993. The van der Waals surface area contributed by atoms with E-state index in [-0.39, 0.29) is 11.8 Å². The van der Waals surface area contributed by atoms with Gasteiger partial charge in [-0.1, -0.05) is 30.3 Å². The van der Waals surface area contributed by atoms with Gasteiger partial charge in [0.15, 0.2) is 5.78 Å². The molecular weight excluding hydrogens is 322 g/mol. The summed E-state index contributed by atoms with van der Waals surface area (Å²) in [6.45, 7) is 0. The van der Waals surface area contributed by atoms with Gasteiger partial charge in [0.25, 0.3) is 0 Å². The minimum Gasteiger partial charge on any atom is -0.357 e. The van der Waals surface area contributed by atoms with Gasteiger partial charge in [-0.05, 0) is 56.3 Å². The van der Waals surface area contributed by atoms with Crippen LogP contribution in [0.3, 0.4) is 0 Å². The van der Waals surface area contributed by atoms with Crippen LogP contribution in [0.4, 0.5) is 0 Å². The summed E-state index contributed by atoms with van der Waals surface area (Å²) in [4.78, 5) is 18.5. The first kappa shape index (κ1) is 17.0. The number of likely N-dealkylation sites (N-methyl/N-ethyl adjacent to an activating group) is 1. The number of ketones is 1. The second kappa shape index (κ2) is 6.71. The molecule has 0 saturated heterocycles. The second-order valence-corrected chi connectivity index (χ2v) is 7.53. The number of hydrogen-bond donors (Lipinski definition) is 2. The maximum absolute atomic E-state index is 12.7. The fourth-order valence-corrected chi connectivity index (χ4v) is 3.99. The maximum atomic E-state index is 12.7. The zero-order chi connectivity index (χ0) is 18.3. The predicted octanol–water partition coefficient (Wildman–Crippen LogP) is 3.47. The molecule has 2 atom stereocenters. The number of Topliss-reactive ketones (excluding diaryl/α,β-unsaturated/α-hetero) is 1. The Labute approximate surface area is 154 Å². The molecular formula is C22H25N3O. The van der Waals surface area contributed by atoms with Crippen molar-refractivity contribution in [3.8, 4) is 0 Å². The number of nitrogens with zero attached hydrogens (tertiary/aromatic N) is 1. The first-order chi connectivity index (χ1) is 12.5. The van der Waals surface area contributed by atoms with Crippen LogP contribution in [0.5, 0.6) is 0 Å². The number of carbonyl (C=O) groups excluding carboxylic acids is 1. The highest BCUT2D eigenvalue weighted by molar-refractivity contribution is 6.01. The number of aromatic amines is 1. The van der Waals surface area contributed by atoms with E-state index in [0.717, 1.165) is 40.6 Å². The quantitative estimate of drug-likeness (QED) is 0.711. The lowest BCUT2D eigenvalue weighted by atomic mass is 9.87. The molecule has 1 aromatic heterocycles. The van der Waals surface area contributed by atoms with Crippen molar-refractivity contribution in [1.29, 1.82) is 0 Å². The fourth-order valence-electron chi connectivity index (χ4n) is 3.99. The van der Waals surface area contributed by atoms with Crippen molar-refractivity contribution in [2.45, 2.75) is 31.3 Å². The van der Waals surface area contributed by atoms with E-state index in [1.807, 2.05) is 48.5 Å². The molecule has 1 heterocycles. The van der Waals surface area contributed by atoms with Crippen LogP contribution in [0.25, 0.3) is 10.9 Å². The minimum absolute atomic E-state index is 0.0158. The molecule has 0 fully saturated rings. The molecule has 4 rings (SSSR count). The number of fused-ring (bicyclic) bond motifs is 3. The Morgan fingerprint density at radius 3 is 2.69 bits per heavy atom. The normalized spacial score (nSPS) is 19.7. The van der Waals surface area contributed by atoms with E-state index in [1.54, 1.807) is 0 Å². The Kier molecular flexibility index (Phi) is 4.39. The Morgan fingerprint density at radius 1 is 1.19 bits per heavy atom. The molecule has 134 valence electrons. The van der Waals surface area contributed by atoms with Gasteiger partial charge in [-0.25, -0.2) is 0 Å². The number of H-pyrrole nitrogens is 1. The fraction of sp³-hybridized carbons (Fsp3) is 0.318. The van der Waals surface area contributed by atoms with E-state index in [9.17, 15) is 4.79 Å². The lowest BCUT2D eigenvalue weighted by Gasteiger charge is -2.31. The second-order valence-electron chi connectivity index (χ2n) is 7.53. The SMILES string of the molecule is CN(C)C1Cc2c([nH]c3ccc(C(=O)Cc4ccccc4)cc23)C(N)C1. The summed E-state index contributed by atoms with van der Waals surface area (Å²) in [5, 5.41) is 1.14. The molecule has 0 aliphatic heterocycles. The number of nitrogens with two attached hydrogens (primary N) is 1. The summed E-state index contributed by atoms with van der Waals surface area (Å²) < 4.78 is 0. The highest BCUT2D eigenvalue weighted by atomic mass is 16.1. The van der Waals surface area contributed by atoms with Crippen molar-refractivity contribution in [1.82, 2.24) is 9.88 Å². The van der Waals surface area contributed by atoms with Crippen LogP contribution in [0.1, 0.15) is 39.6 Å². The molecule has 4 heteroatoms. The first-order valence-electron chi connectivity index (χ1n) is 9.16. The zero-order valence-electron chi connectivity index (χ0n) is 15.3. The average molecular weight is 347 g/mol. The van der Waals surface area contributed by atoms with Gasteiger partial charge in [-0.3, -0.25) is 4.79 Å². The number of hydrogen-bond acceptors (Lipinski definition) is 3. The highest BCUT2D eigenvalue weighted by Gasteiger charge is 2.29.